The Hall–Kier alpha value is -2.63. The lowest BCUT2D eigenvalue weighted by Gasteiger charge is -2.18. The van der Waals surface area contributed by atoms with Gasteiger partial charge < -0.3 is 15.0 Å². The van der Waals surface area contributed by atoms with Crippen molar-refractivity contribution in [1.82, 2.24) is 14.9 Å². The van der Waals surface area contributed by atoms with Crippen LogP contribution < -0.4 is 5.32 Å². The van der Waals surface area contributed by atoms with Crippen molar-refractivity contribution in [2.24, 2.45) is 5.92 Å². The Morgan fingerprint density at radius 2 is 2.00 bits per heavy atom. The molecule has 0 aliphatic rings. The Morgan fingerprint density at radius 3 is 2.54 bits per heavy atom. The summed E-state index contributed by atoms with van der Waals surface area (Å²) in [4.78, 5) is 28.1. The number of nitrogens with one attached hydrogen (secondary N) is 1. The second-order valence-corrected chi connectivity index (χ2v) is 6.23. The number of hydrogen-bond donors (Lipinski definition) is 2. The number of carbonyl (C=O) groups excluding carboxylic acids is 1. The molecule has 6 heteroatoms. The first kappa shape index (κ1) is 17.7. The molecule has 2 rings (SSSR count). The van der Waals surface area contributed by atoms with E-state index in [-0.39, 0.29) is 11.8 Å². The second-order valence-electron chi connectivity index (χ2n) is 6.23. The third kappa shape index (κ3) is 3.82. The van der Waals surface area contributed by atoms with Crippen molar-refractivity contribution < 1.29 is 14.7 Å². The minimum atomic E-state index is -1.03. The fourth-order valence-electron chi connectivity index (χ4n) is 2.66. The summed E-state index contributed by atoms with van der Waals surface area (Å²) >= 11 is 0. The highest BCUT2D eigenvalue weighted by molar-refractivity contribution is 5.97. The van der Waals surface area contributed by atoms with Gasteiger partial charge in [-0.2, -0.15) is 0 Å². The first-order valence-electron chi connectivity index (χ1n) is 7.91. The molecule has 24 heavy (non-hydrogen) atoms. The molecule has 6 nitrogen and oxygen atoms in total. The Morgan fingerprint density at radius 1 is 1.29 bits per heavy atom. The molecule has 0 saturated heterocycles. The molecule has 2 aromatic rings. The molecule has 0 radical (unpaired) electrons. The maximum absolute atomic E-state index is 12.5. The number of nitrogens with zero attached hydrogens (tertiary/aromatic N) is 2. The van der Waals surface area contributed by atoms with Crippen LogP contribution in [0.2, 0.25) is 0 Å². The number of aromatic nitrogens is 2. The van der Waals surface area contributed by atoms with Crippen LogP contribution in [0.5, 0.6) is 0 Å². The summed E-state index contributed by atoms with van der Waals surface area (Å²) < 4.78 is 2.00. The maximum Gasteiger partial charge on any atom is 0.326 e. The van der Waals surface area contributed by atoms with E-state index in [2.05, 4.69) is 10.3 Å². The molecule has 2 aromatic heterocycles. The van der Waals surface area contributed by atoms with E-state index in [1.165, 1.54) is 0 Å². The molecule has 0 bridgehead atoms. The van der Waals surface area contributed by atoms with Gasteiger partial charge in [0.1, 0.15) is 6.04 Å². The van der Waals surface area contributed by atoms with Gasteiger partial charge in [-0.3, -0.25) is 9.78 Å². The van der Waals surface area contributed by atoms with Crippen LogP contribution in [0.1, 0.15) is 41.3 Å². The van der Waals surface area contributed by atoms with Gasteiger partial charge in [0.25, 0.3) is 5.91 Å². The molecule has 0 aromatic carbocycles. The van der Waals surface area contributed by atoms with E-state index in [1.54, 1.807) is 26.1 Å². The van der Waals surface area contributed by atoms with Gasteiger partial charge in [-0.1, -0.05) is 19.9 Å². The molecular formula is C18H23N3O3. The van der Waals surface area contributed by atoms with Crippen molar-refractivity contribution in [1.29, 1.82) is 0 Å². The maximum atomic E-state index is 12.5. The summed E-state index contributed by atoms with van der Waals surface area (Å²) in [6.07, 6.45) is 1.73. The quantitative estimate of drug-likeness (QED) is 0.852. The first-order chi connectivity index (χ1) is 11.3. The predicted octanol–water partition coefficient (Wildman–Crippen LogP) is 2.39. The van der Waals surface area contributed by atoms with E-state index < -0.39 is 12.0 Å². The number of amides is 1. The van der Waals surface area contributed by atoms with E-state index in [1.807, 2.05) is 36.6 Å². The topological polar surface area (TPSA) is 84.2 Å². The third-order valence-corrected chi connectivity index (χ3v) is 4.08. The molecule has 1 amide bonds. The summed E-state index contributed by atoms with van der Waals surface area (Å²) in [6.45, 7) is 7.88. The van der Waals surface area contributed by atoms with E-state index >= 15 is 0 Å². The Balaban J connectivity index is 2.24. The van der Waals surface area contributed by atoms with Crippen LogP contribution in [0.15, 0.2) is 30.5 Å². The van der Waals surface area contributed by atoms with Gasteiger partial charge in [-0.25, -0.2) is 4.79 Å². The number of carboxylic acid groups (broad SMARTS) is 1. The fraction of sp³-hybridized carbons (Fsp3) is 0.389. The van der Waals surface area contributed by atoms with Crippen LogP contribution in [-0.4, -0.2) is 32.6 Å². The fourth-order valence-corrected chi connectivity index (χ4v) is 2.66. The number of pyridine rings is 1. The number of aryl methyl sites for hydroxylation is 1. The molecule has 128 valence electrons. The highest BCUT2D eigenvalue weighted by Gasteiger charge is 2.25. The standard InChI is InChI=1S/C18H23N3O3/c1-11(2)16(18(23)24)20-17(22)15-9-12(3)21(13(15)4)10-14-7-5-6-8-19-14/h5-9,11,16H,10H2,1-4H3,(H,20,22)(H,23,24)/t16-/m1/s1. The van der Waals surface area contributed by atoms with Gasteiger partial charge in [0.2, 0.25) is 0 Å². The SMILES string of the molecule is Cc1cc(C(=O)N[C@@H](C(=O)O)C(C)C)c(C)n1Cc1ccccn1. The van der Waals surface area contributed by atoms with Crippen molar-refractivity contribution in [3.05, 3.63) is 53.1 Å². The molecule has 0 aliphatic heterocycles. The predicted molar refractivity (Wildman–Crippen MR) is 91.0 cm³/mol. The monoisotopic (exact) mass is 329 g/mol. The summed E-state index contributed by atoms with van der Waals surface area (Å²) in [5.41, 5.74) is 3.12. The summed E-state index contributed by atoms with van der Waals surface area (Å²) in [6, 6.07) is 6.58. The zero-order valence-corrected chi connectivity index (χ0v) is 14.4. The first-order valence-corrected chi connectivity index (χ1v) is 7.91. The van der Waals surface area contributed by atoms with E-state index in [4.69, 9.17) is 0 Å². The van der Waals surface area contributed by atoms with Crippen molar-refractivity contribution in [3.63, 3.8) is 0 Å². The van der Waals surface area contributed by atoms with Crippen LogP contribution in [0.4, 0.5) is 0 Å². The normalized spacial score (nSPS) is 12.2. The lowest BCUT2D eigenvalue weighted by molar-refractivity contribution is -0.140. The van der Waals surface area contributed by atoms with Gasteiger partial charge in [-0.15, -0.1) is 0 Å². The number of rotatable bonds is 6. The second kappa shape index (κ2) is 7.29. The molecule has 0 aliphatic carbocycles. The number of carboxylic acids is 1. The molecule has 0 unspecified atom stereocenters. The van der Waals surface area contributed by atoms with E-state index in [0.29, 0.717) is 12.1 Å². The summed E-state index contributed by atoms with van der Waals surface area (Å²) in [7, 11) is 0. The summed E-state index contributed by atoms with van der Waals surface area (Å²) in [5.74, 6) is -1.58. The number of carbonyl (C=O) groups is 2. The number of aliphatic carboxylic acids is 1. The molecular weight excluding hydrogens is 306 g/mol. The molecule has 2 N–H and O–H groups in total. The van der Waals surface area contributed by atoms with Crippen LogP contribution in [0, 0.1) is 19.8 Å². The van der Waals surface area contributed by atoms with Crippen LogP contribution in [-0.2, 0) is 11.3 Å². The molecule has 1 atom stereocenters. The van der Waals surface area contributed by atoms with Crippen molar-refractivity contribution in [3.8, 4) is 0 Å². The van der Waals surface area contributed by atoms with Crippen LogP contribution in [0.25, 0.3) is 0 Å². The van der Waals surface area contributed by atoms with Crippen molar-refractivity contribution in [2.45, 2.75) is 40.3 Å². The van der Waals surface area contributed by atoms with Gasteiger partial charge >= 0.3 is 5.97 Å². The lowest BCUT2D eigenvalue weighted by Crippen LogP contribution is -2.44. The highest BCUT2D eigenvalue weighted by atomic mass is 16.4. The Bertz CT molecular complexity index is 735. The largest absolute Gasteiger partial charge is 0.480 e. The molecule has 0 saturated carbocycles. The lowest BCUT2D eigenvalue weighted by atomic mass is 10.0. The minimum absolute atomic E-state index is 0.191. The van der Waals surface area contributed by atoms with Crippen LogP contribution >= 0.6 is 0 Å². The highest BCUT2D eigenvalue weighted by Crippen LogP contribution is 2.17. The zero-order valence-electron chi connectivity index (χ0n) is 14.4. The molecule has 0 fully saturated rings. The van der Waals surface area contributed by atoms with E-state index in [0.717, 1.165) is 17.1 Å². The van der Waals surface area contributed by atoms with Gasteiger partial charge in [0.15, 0.2) is 0 Å². The van der Waals surface area contributed by atoms with Crippen molar-refractivity contribution in [2.75, 3.05) is 0 Å². The average Bonchev–Trinajstić information content (AvgIpc) is 2.81. The Kier molecular flexibility index (Phi) is 5.39. The van der Waals surface area contributed by atoms with E-state index in [9.17, 15) is 14.7 Å². The number of hydrogen-bond acceptors (Lipinski definition) is 3. The summed E-state index contributed by atoms with van der Waals surface area (Å²) in [5, 5.41) is 11.8. The van der Waals surface area contributed by atoms with Crippen LogP contribution in [0.3, 0.4) is 0 Å². The zero-order chi connectivity index (χ0) is 17.9. The molecule has 2 heterocycles. The minimum Gasteiger partial charge on any atom is -0.480 e. The average molecular weight is 329 g/mol. The Labute approximate surface area is 141 Å². The smallest absolute Gasteiger partial charge is 0.326 e. The van der Waals surface area contributed by atoms with Gasteiger partial charge in [0.05, 0.1) is 17.8 Å². The third-order valence-electron chi connectivity index (χ3n) is 4.08. The van der Waals surface area contributed by atoms with Gasteiger partial charge in [-0.05, 0) is 38.0 Å². The van der Waals surface area contributed by atoms with Gasteiger partial charge in [0, 0.05) is 17.6 Å². The van der Waals surface area contributed by atoms with Crippen molar-refractivity contribution >= 4 is 11.9 Å². The molecule has 0 spiro atoms.